The molecular formula is C10H15NO8. The maximum atomic E-state index is 11.3. The summed E-state index contributed by atoms with van der Waals surface area (Å²) in [5.41, 5.74) is 0. The van der Waals surface area contributed by atoms with E-state index in [1.54, 1.807) is 0 Å². The topological polar surface area (TPSA) is 157 Å². The summed E-state index contributed by atoms with van der Waals surface area (Å²) in [4.78, 5) is 21.5. The molecule has 1 fully saturated rings. The van der Waals surface area contributed by atoms with Crippen molar-refractivity contribution >= 4 is 11.9 Å². The highest BCUT2D eigenvalue weighted by Gasteiger charge is 2.44. The third-order valence-electron chi connectivity index (χ3n) is 2.59. The molecule has 0 bridgehead atoms. The monoisotopic (exact) mass is 277 g/mol. The second-order valence-corrected chi connectivity index (χ2v) is 3.93. The molecule has 5 atom stereocenters. The number of hydrogen-bond donors (Lipinski definition) is 6. The van der Waals surface area contributed by atoms with Crippen molar-refractivity contribution in [3.8, 4) is 0 Å². The van der Waals surface area contributed by atoms with Crippen LogP contribution in [0.1, 0.15) is 0 Å². The van der Waals surface area contributed by atoms with Gasteiger partial charge in [0.25, 0.3) is 0 Å². The smallest absolute Gasteiger partial charge is 0.328 e. The van der Waals surface area contributed by atoms with Crippen LogP contribution in [0.25, 0.3) is 0 Å². The van der Waals surface area contributed by atoms with E-state index in [2.05, 4.69) is 5.32 Å². The minimum absolute atomic E-state index is 0.574. The zero-order valence-corrected chi connectivity index (χ0v) is 9.71. The van der Waals surface area contributed by atoms with Gasteiger partial charge in [-0.05, 0) is 0 Å². The van der Waals surface area contributed by atoms with Crippen LogP contribution in [0.5, 0.6) is 0 Å². The second-order valence-electron chi connectivity index (χ2n) is 3.93. The number of aliphatic hydroxyl groups is 4. The Hall–Kier alpha value is -1.52. The van der Waals surface area contributed by atoms with E-state index >= 15 is 0 Å². The highest BCUT2D eigenvalue weighted by atomic mass is 16.6. The molecular weight excluding hydrogens is 262 g/mol. The third kappa shape index (κ3) is 3.98. The van der Waals surface area contributed by atoms with E-state index in [0.29, 0.717) is 12.2 Å². The van der Waals surface area contributed by atoms with E-state index in [-0.39, 0.29) is 0 Å². The first-order valence-corrected chi connectivity index (χ1v) is 5.39. The van der Waals surface area contributed by atoms with Crippen LogP contribution in [0.3, 0.4) is 0 Å². The molecule has 9 nitrogen and oxygen atoms in total. The van der Waals surface area contributed by atoms with Gasteiger partial charge in [-0.2, -0.15) is 0 Å². The molecule has 0 saturated carbocycles. The number of ether oxygens (including phenoxy) is 1. The average Bonchev–Trinajstić information content (AvgIpc) is 2.36. The maximum absolute atomic E-state index is 11.3. The first-order valence-electron chi connectivity index (χ1n) is 5.39. The Morgan fingerprint density at radius 2 is 1.79 bits per heavy atom. The highest BCUT2D eigenvalue weighted by molar-refractivity contribution is 5.94. The van der Waals surface area contributed by atoms with Gasteiger partial charge in [-0.25, -0.2) is 4.79 Å². The van der Waals surface area contributed by atoms with E-state index in [0.717, 1.165) is 0 Å². The fraction of sp³-hybridized carbons (Fsp3) is 0.600. The predicted molar refractivity (Wildman–Crippen MR) is 58.7 cm³/mol. The number of hydrogen-bond acceptors (Lipinski definition) is 7. The van der Waals surface area contributed by atoms with Gasteiger partial charge in [-0.3, -0.25) is 4.79 Å². The van der Waals surface area contributed by atoms with Gasteiger partial charge in [0, 0.05) is 12.2 Å². The summed E-state index contributed by atoms with van der Waals surface area (Å²) in [5, 5.41) is 48.0. The molecule has 1 aliphatic heterocycles. The highest BCUT2D eigenvalue weighted by Crippen LogP contribution is 2.19. The van der Waals surface area contributed by atoms with Crippen molar-refractivity contribution in [2.45, 2.75) is 30.6 Å². The van der Waals surface area contributed by atoms with Crippen LogP contribution in [0.15, 0.2) is 12.2 Å². The molecule has 108 valence electrons. The van der Waals surface area contributed by atoms with Crippen LogP contribution >= 0.6 is 0 Å². The van der Waals surface area contributed by atoms with Crippen molar-refractivity contribution in [2.24, 2.45) is 0 Å². The summed E-state index contributed by atoms with van der Waals surface area (Å²) in [5.74, 6) is -2.22. The predicted octanol–water partition coefficient (Wildman–Crippen LogP) is -3.46. The number of amides is 1. The fourth-order valence-electron chi connectivity index (χ4n) is 1.61. The van der Waals surface area contributed by atoms with Crippen LogP contribution < -0.4 is 5.32 Å². The average molecular weight is 277 g/mol. The van der Waals surface area contributed by atoms with E-state index in [4.69, 9.17) is 14.9 Å². The zero-order chi connectivity index (χ0) is 14.6. The molecule has 0 aliphatic carbocycles. The van der Waals surface area contributed by atoms with Crippen LogP contribution in [0.4, 0.5) is 0 Å². The van der Waals surface area contributed by atoms with E-state index in [1.807, 2.05) is 0 Å². The molecule has 5 unspecified atom stereocenters. The van der Waals surface area contributed by atoms with Crippen molar-refractivity contribution in [3.05, 3.63) is 12.2 Å². The lowest BCUT2D eigenvalue weighted by atomic mass is 9.97. The molecule has 0 spiro atoms. The standard InChI is InChI=1S/C10H15NO8/c12-3-4-8(16)9(17)7(10(18)19-4)11-5(13)1-2-6(14)15/h1-2,4,7-10,12,16-18H,3H2,(H,11,13)(H,14,15)/b2-1-. The van der Waals surface area contributed by atoms with Crippen molar-refractivity contribution in [3.63, 3.8) is 0 Å². The van der Waals surface area contributed by atoms with Gasteiger partial charge in [0.05, 0.1) is 6.61 Å². The van der Waals surface area contributed by atoms with Gasteiger partial charge in [0.15, 0.2) is 6.29 Å². The summed E-state index contributed by atoms with van der Waals surface area (Å²) >= 11 is 0. The Labute approximate surface area is 107 Å². The molecule has 0 aromatic rings. The lowest BCUT2D eigenvalue weighted by Gasteiger charge is -2.40. The Morgan fingerprint density at radius 1 is 1.16 bits per heavy atom. The molecule has 0 aromatic heterocycles. The van der Waals surface area contributed by atoms with Gasteiger partial charge in [-0.1, -0.05) is 0 Å². The van der Waals surface area contributed by atoms with E-state index < -0.39 is 49.1 Å². The first-order chi connectivity index (χ1) is 8.86. The molecule has 1 saturated heterocycles. The molecule has 1 heterocycles. The largest absolute Gasteiger partial charge is 0.478 e. The van der Waals surface area contributed by atoms with Crippen LogP contribution in [-0.4, -0.2) is 74.7 Å². The zero-order valence-electron chi connectivity index (χ0n) is 9.71. The number of aliphatic hydroxyl groups excluding tert-OH is 4. The summed E-state index contributed by atoms with van der Waals surface area (Å²) < 4.78 is 4.80. The van der Waals surface area contributed by atoms with Crippen LogP contribution in [-0.2, 0) is 14.3 Å². The Kier molecular flexibility index (Phi) is 5.39. The number of carbonyl (C=O) groups excluding carboxylic acids is 1. The van der Waals surface area contributed by atoms with Crippen molar-refractivity contribution in [2.75, 3.05) is 6.61 Å². The minimum Gasteiger partial charge on any atom is -0.478 e. The molecule has 1 rings (SSSR count). The molecule has 0 aromatic carbocycles. The third-order valence-corrected chi connectivity index (χ3v) is 2.59. The number of aliphatic carboxylic acids is 1. The quantitative estimate of drug-likeness (QED) is 0.289. The summed E-state index contributed by atoms with van der Waals surface area (Å²) in [6.45, 7) is -0.616. The molecule has 6 N–H and O–H groups in total. The Bertz CT molecular complexity index is 371. The van der Waals surface area contributed by atoms with Crippen molar-refractivity contribution in [1.29, 1.82) is 0 Å². The van der Waals surface area contributed by atoms with Gasteiger partial charge < -0.3 is 35.6 Å². The number of carbonyl (C=O) groups is 2. The number of carboxylic acid groups (broad SMARTS) is 1. The van der Waals surface area contributed by atoms with Gasteiger partial charge >= 0.3 is 5.97 Å². The Balaban J connectivity index is 2.67. The van der Waals surface area contributed by atoms with Crippen LogP contribution in [0.2, 0.25) is 0 Å². The van der Waals surface area contributed by atoms with E-state index in [9.17, 15) is 24.9 Å². The molecule has 1 aliphatic rings. The molecule has 1 amide bonds. The van der Waals surface area contributed by atoms with Gasteiger partial charge in [-0.15, -0.1) is 0 Å². The summed E-state index contributed by atoms with van der Waals surface area (Å²) in [6.07, 6.45) is -4.62. The van der Waals surface area contributed by atoms with Gasteiger partial charge in [0.2, 0.25) is 5.91 Å². The van der Waals surface area contributed by atoms with E-state index in [1.165, 1.54) is 0 Å². The molecule has 0 radical (unpaired) electrons. The van der Waals surface area contributed by atoms with Crippen LogP contribution in [0, 0.1) is 0 Å². The minimum atomic E-state index is -1.64. The lowest BCUT2D eigenvalue weighted by molar-refractivity contribution is -0.253. The van der Waals surface area contributed by atoms with Gasteiger partial charge in [0.1, 0.15) is 24.4 Å². The fourth-order valence-corrected chi connectivity index (χ4v) is 1.61. The van der Waals surface area contributed by atoms with Crippen molar-refractivity contribution < 1.29 is 39.9 Å². The molecule has 9 heteroatoms. The SMILES string of the molecule is O=C(O)/C=C\C(=O)NC1C(O)OC(CO)C(O)C1O. The summed E-state index contributed by atoms with van der Waals surface area (Å²) in [7, 11) is 0. The number of rotatable bonds is 4. The molecule has 19 heavy (non-hydrogen) atoms. The first kappa shape index (κ1) is 15.5. The lowest BCUT2D eigenvalue weighted by Crippen LogP contribution is -2.64. The second kappa shape index (κ2) is 6.59. The maximum Gasteiger partial charge on any atom is 0.328 e. The number of nitrogens with one attached hydrogen (secondary N) is 1. The Morgan fingerprint density at radius 3 is 2.32 bits per heavy atom. The normalized spacial score (nSPS) is 35.3. The number of carboxylic acids is 1. The summed E-state index contributed by atoms with van der Waals surface area (Å²) in [6, 6.07) is -1.34. The van der Waals surface area contributed by atoms with Crippen molar-refractivity contribution in [1.82, 2.24) is 5.32 Å².